The number of hydrogen-bond acceptors (Lipinski definition) is 12. The van der Waals surface area contributed by atoms with Crippen LogP contribution in [0.15, 0.2) is 97.1 Å². The van der Waals surface area contributed by atoms with Gasteiger partial charge in [0, 0.05) is 28.1 Å². The number of para-hydroxylation sites is 2. The maximum Gasteiger partial charge on any atom is 0.412 e. The van der Waals surface area contributed by atoms with Gasteiger partial charge in [0.25, 0.3) is 0 Å². The fourth-order valence-electron chi connectivity index (χ4n) is 3.77. The molecule has 0 radical (unpaired) electrons. The summed E-state index contributed by atoms with van der Waals surface area (Å²) in [4.78, 5) is 74.7. The Hall–Kier alpha value is -5.92. The van der Waals surface area contributed by atoms with Gasteiger partial charge in [-0.3, -0.25) is 15.4 Å². The molecule has 2 atom stereocenters. The molecule has 0 heterocycles. The molecule has 268 valence electrons. The highest BCUT2D eigenvalue weighted by molar-refractivity contribution is 5.90. The van der Waals surface area contributed by atoms with Crippen LogP contribution in [-0.4, -0.2) is 74.7 Å². The molecule has 0 bridgehead atoms. The van der Waals surface area contributed by atoms with Crippen LogP contribution in [0.4, 0.5) is 21.0 Å². The molecule has 0 saturated carbocycles. The Kier molecular flexibility index (Phi) is 15.9. The topological polar surface area (TPSA) is 182 Å². The van der Waals surface area contributed by atoms with E-state index in [0.717, 1.165) is 0 Å². The normalized spacial score (nSPS) is 11.8. The molecular weight excluding hydrogens is 652 g/mol. The highest BCUT2D eigenvalue weighted by Crippen LogP contribution is 2.27. The number of rotatable bonds is 18. The molecule has 2 unspecified atom stereocenters. The van der Waals surface area contributed by atoms with Gasteiger partial charge in [-0.1, -0.05) is 56.1 Å². The van der Waals surface area contributed by atoms with E-state index in [1.54, 1.807) is 60.7 Å². The quantitative estimate of drug-likeness (QED) is 0.113. The van der Waals surface area contributed by atoms with Crippen molar-refractivity contribution in [2.45, 2.75) is 46.3 Å². The van der Waals surface area contributed by atoms with Crippen LogP contribution in [0.3, 0.4) is 0 Å². The Bertz CT molecular complexity index is 1550. The third-order valence-electron chi connectivity index (χ3n) is 6.38. The number of amides is 2. The van der Waals surface area contributed by atoms with Crippen molar-refractivity contribution >= 4 is 47.4 Å². The summed E-state index contributed by atoms with van der Waals surface area (Å²) in [6.45, 7) is 14.7. The Morgan fingerprint density at radius 3 is 1.34 bits per heavy atom. The molecule has 14 nitrogen and oxygen atoms in total. The third-order valence-corrected chi connectivity index (χ3v) is 6.38. The SMILES string of the molecule is C=C(C)C(=O)OCC(COC(=O)C(=C)CC(C)(C)C(=O)OCC(COC(=O)C(=C)C)OC(=O)Nc1ccccc1)OC(=O)Nc1ccccc1. The molecule has 0 aliphatic carbocycles. The van der Waals surface area contributed by atoms with Crippen molar-refractivity contribution in [3.8, 4) is 0 Å². The Morgan fingerprint density at radius 1 is 0.600 bits per heavy atom. The van der Waals surface area contributed by atoms with Crippen molar-refractivity contribution < 1.29 is 57.2 Å². The van der Waals surface area contributed by atoms with Gasteiger partial charge in [-0.25, -0.2) is 24.0 Å². The van der Waals surface area contributed by atoms with Gasteiger partial charge in [0.15, 0.2) is 12.2 Å². The lowest BCUT2D eigenvalue weighted by molar-refractivity contribution is -0.159. The maximum absolute atomic E-state index is 13.1. The monoisotopic (exact) mass is 694 g/mol. The van der Waals surface area contributed by atoms with E-state index in [1.165, 1.54) is 27.7 Å². The van der Waals surface area contributed by atoms with E-state index in [0.29, 0.717) is 11.4 Å². The minimum atomic E-state index is -1.33. The molecule has 2 N–H and O–H groups in total. The van der Waals surface area contributed by atoms with Gasteiger partial charge in [0.1, 0.15) is 26.4 Å². The van der Waals surface area contributed by atoms with Crippen LogP contribution < -0.4 is 10.6 Å². The zero-order valence-corrected chi connectivity index (χ0v) is 28.5. The summed E-state index contributed by atoms with van der Waals surface area (Å²) in [5.41, 5.74) is -0.343. The lowest BCUT2D eigenvalue weighted by Gasteiger charge is -2.25. The van der Waals surface area contributed by atoms with E-state index in [1.807, 2.05) is 0 Å². The summed E-state index contributed by atoms with van der Waals surface area (Å²) < 4.78 is 31.5. The van der Waals surface area contributed by atoms with Gasteiger partial charge >= 0.3 is 36.1 Å². The van der Waals surface area contributed by atoms with Crippen molar-refractivity contribution in [3.63, 3.8) is 0 Å². The summed E-state index contributed by atoms with van der Waals surface area (Å²) in [7, 11) is 0. The molecule has 0 aliphatic rings. The highest BCUT2D eigenvalue weighted by Gasteiger charge is 2.34. The van der Waals surface area contributed by atoms with Crippen molar-refractivity contribution in [2.75, 3.05) is 37.1 Å². The van der Waals surface area contributed by atoms with Crippen LogP contribution in [0.5, 0.6) is 0 Å². The summed E-state index contributed by atoms with van der Waals surface area (Å²) >= 11 is 0. The number of anilines is 2. The number of esters is 4. The second kappa shape index (κ2) is 19.8. The molecule has 2 aromatic rings. The molecule has 14 heteroatoms. The van der Waals surface area contributed by atoms with Crippen molar-refractivity contribution in [3.05, 3.63) is 97.1 Å². The molecule has 2 amide bonds. The fraction of sp³-hybridized carbons (Fsp3) is 0.333. The standard InChI is InChI=1S/C36H42N2O12/c1-23(2)30(39)45-19-28(49-34(43)37-26-14-10-8-11-15-26)21-47-32(41)25(5)18-36(6,7)33(42)48-22-29(20-46-31(40)24(3)4)50-35(44)38-27-16-12-9-13-17-27/h8-17,28-29H,1,3,5,18-22H2,2,4,6-7H3,(H,37,43)(H,38,44). The van der Waals surface area contributed by atoms with E-state index >= 15 is 0 Å². The first-order chi connectivity index (χ1) is 23.6. The Morgan fingerprint density at radius 2 is 0.960 bits per heavy atom. The van der Waals surface area contributed by atoms with Crippen LogP contribution in [0, 0.1) is 5.41 Å². The Balaban J connectivity index is 1.98. The molecular formula is C36H42N2O12. The average molecular weight is 695 g/mol. The van der Waals surface area contributed by atoms with Crippen molar-refractivity contribution in [1.29, 1.82) is 0 Å². The van der Waals surface area contributed by atoms with E-state index in [4.69, 9.17) is 28.4 Å². The highest BCUT2D eigenvalue weighted by atomic mass is 16.6. The minimum absolute atomic E-state index is 0.109. The van der Waals surface area contributed by atoms with Crippen LogP contribution in [-0.2, 0) is 47.6 Å². The first kappa shape index (κ1) is 40.3. The molecule has 0 aliphatic heterocycles. The van der Waals surface area contributed by atoms with E-state index in [-0.39, 0.29) is 23.1 Å². The zero-order chi connectivity index (χ0) is 37.3. The van der Waals surface area contributed by atoms with Gasteiger partial charge in [-0.15, -0.1) is 0 Å². The molecule has 50 heavy (non-hydrogen) atoms. The number of carbonyl (C=O) groups excluding carboxylic acids is 6. The number of benzene rings is 2. The summed E-state index contributed by atoms with van der Waals surface area (Å²) in [6.07, 6.45) is -4.38. The van der Waals surface area contributed by atoms with Crippen molar-refractivity contribution in [2.24, 2.45) is 5.41 Å². The van der Waals surface area contributed by atoms with Crippen molar-refractivity contribution in [1.82, 2.24) is 0 Å². The number of ether oxygens (including phenoxy) is 6. The first-order valence-corrected chi connectivity index (χ1v) is 15.3. The summed E-state index contributed by atoms with van der Waals surface area (Å²) in [5.74, 6) is -3.18. The zero-order valence-electron chi connectivity index (χ0n) is 28.5. The van der Waals surface area contributed by atoms with E-state index < -0.39 is 80.1 Å². The molecule has 0 spiro atoms. The molecule has 0 fully saturated rings. The van der Waals surface area contributed by atoms with E-state index in [2.05, 4.69) is 30.4 Å². The number of hydrogen-bond donors (Lipinski definition) is 2. The second-order valence-corrected chi connectivity index (χ2v) is 11.7. The lowest BCUT2D eigenvalue weighted by Crippen LogP contribution is -2.36. The predicted molar refractivity (Wildman–Crippen MR) is 182 cm³/mol. The van der Waals surface area contributed by atoms with Gasteiger partial charge in [-0.2, -0.15) is 0 Å². The fourth-order valence-corrected chi connectivity index (χ4v) is 3.77. The molecule has 2 rings (SSSR count). The summed E-state index contributed by atoms with van der Waals surface area (Å²) in [6, 6.07) is 16.8. The largest absolute Gasteiger partial charge is 0.461 e. The van der Waals surface area contributed by atoms with Crippen LogP contribution in [0.1, 0.15) is 34.1 Å². The van der Waals surface area contributed by atoms with Crippen LogP contribution in [0.25, 0.3) is 0 Å². The number of carbonyl (C=O) groups is 6. The Labute approximate surface area is 290 Å². The summed E-state index contributed by atoms with van der Waals surface area (Å²) in [5, 5.41) is 5.02. The number of nitrogens with one attached hydrogen (secondary N) is 2. The van der Waals surface area contributed by atoms with Gasteiger partial charge in [0.05, 0.1) is 5.41 Å². The van der Waals surface area contributed by atoms with Crippen LogP contribution >= 0.6 is 0 Å². The maximum atomic E-state index is 13.1. The molecule has 0 aromatic heterocycles. The van der Waals surface area contributed by atoms with E-state index in [9.17, 15) is 28.8 Å². The van der Waals surface area contributed by atoms with Gasteiger partial charge in [0.2, 0.25) is 0 Å². The minimum Gasteiger partial charge on any atom is -0.461 e. The lowest BCUT2D eigenvalue weighted by atomic mass is 9.86. The predicted octanol–water partition coefficient (Wildman–Crippen LogP) is 5.52. The van der Waals surface area contributed by atoms with Gasteiger partial charge in [-0.05, 0) is 58.4 Å². The van der Waals surface area contributed by atoms with Crippen LogP contribution in [0.2, 0.25) is 0 Å². The van der Waals surface area contributed by atoms with Gasteiger partial charge < -0.3 is 28.4 Å². The molecule has 0 saturated heterocycles. The smallest absolute Gasteiger partial charge is 0.412 e. The average Bonchev–Trinajstić information content (AvgIpc) is 3.06. The first-order valence-electron chi connectivity index (χ1n) is 15.3. The third kappa shape index (κ3) is 14.9. The molecule has 2 aromatic carbocycles. The second-order valence-electron chi connectivity index (χ2n) is 11.7.